The minimum atomic E-state index is -0.829. The second-order valence-corrected chi connectivity index (χ2v) is 4.70. The predicted octanol–water partition coefficient (Wildman–Crippen LogP) is 1.64. The van der Waals surface area contributed by atoms with Gasteiger partial charge in [0.1, 0.15) is 6.04 Å². The number of carbonyl (C=O) groups is 1. The van der Waals surface area contributed by atoms with E-state index in [0.717, 1.165) is 0 Å². The molecule has 16 heavy (non-hydrogen) atoms. The third-order valence-electron chi connectivity index (χ3n) is 3.45. The summed E-state index contributed by atoms with van der Waals surface area (Å²) < 4.78 is 4.91. The lowest BCUT2D eigenvalue weighted by Gasteiger charge is -2.30. The minimum Gasteiger partial charge on any atom is -0.480 e. The van der Waals surface area contributed by atoms with Gasteiger partial charge >= 0.3 is 5.97 Å². The van der Waals surface area contributed by atoms with Gasteiger partial charge < -0.3 is 9.84 Å². The van der Waals surface area contributed by atoms with E-state index < -0.39 is 12.0 Å². The molecule has 0 aromatic heterocycles. The van der Waals surface area contributed by atoms with E-state index >= 15 is 0 Å². The average molecular weight is 229 g/mol. The molecule has 0 aromatic rings. The van der Waals surface area contributed by atoms with Crippen LogP contribution in [-0.2, 0) is 9.53 Å². The van der Waals surface area contributed by atoms with Gasteiger partial charge in [-0.05, 0) is 25.7 Å². The zero-order valence-corrected chi connectivity index (χ0v) is 10.2. The van der Waals surface area contributed by atoms with Crippen molar-refractivity contribution in [2.24, 2.45) is 5.92 Å². The monoisotopic (exact) mass is 229 g/mol. The number of carboxylic acids is 1. The van der Waals surface area contributed by atoms with E-state index in [0.29, 0.717) is 5.92 Å². The van der Waals surface area contributed by atoms with E-state index in [1.165, 1.54) is 39.2 Å². The number of nitrogens with one attached hydrogen (secondary N) is 1. The lowest BCUT2D eigenvalue weighted by atomic mass is 9.84. The van der Waals surface area contributed by atoms with E-state index in [-0.39, 0.29) is 12.6 Å². The van der Waals surface area contributed by atoms with Gasteiger partial charge in [0.15, 0.2) is 0 Å². The smallest absolute Gasteiger partial charge is 0.323 e. The highest BCUT2D eigenvalue weighted by Crippen LogP contribution is 2.26. The molecule has 94 valence electrons. The van der Waals surface area contributed by atoms with Crippen LogP contribution < -0.4 is 5.32 Å². The highest BCUT2D eigenvalue weighted by molar-refractivity contribution is 5.73. The Balaban J connectivity index is 2.39. The molecular weight excluding hydrogens is 206 g/mol. The van der Waals surface area contributed by atoms with E-state index in [1.54, 1.807) is 0 Å². The number of rotatable bonds is 6. The van der Waals surface area contributed by atoms with Gasteiger partial charge in [-0.25, -0.2) is 0 Å². The summed E-state index contributed by atoms with van der Waals surface area (Å²) in [6, 6.07) is -0.321. The second kappa shape index (κ2) is 6.86. The molecule has 0 amide bonds. The zero-order chi connectivity index (χ0) is 12.0. The molecule has 0 bridgehead atoms. The van der Waals surface area contributed by atoms with Crippen LogP contribution in [0.3, 0.4) is 0 Å². The van der Waals surface area contributed by atoms with Gasteiger partial charge in [-0.15, -0.1) is 0 Å². The number of aliphatic carboxylic acids is 1. The van der Waals surface area contributed by atoms with Gasteiger partial charge in [-0.1, -0.05) is 19.3 Å². The van der Waals surface area contributed by atoms with Crippen LogP contribution in [-0.4, -0.2) is 36.9 Å². The van der Waals surface area contributed by atoms with E-state index in [1.807, 2.05) is 0 Å². The summed E-state index contributed by atoms with van der Waals surface area (Å²) in [5.74, 6) is -0.211. The molecule has 1 saturated carbocycles. The minimum absolute atomic E-state index is 0.229. The van der Waals surface area contributed by atoms with E-state index in [2.05, 4.69) is 12.2 Å². The van der Waals surface area contributed by atoms with Crippen LogP contribution in [0.15, 0.2) is 0 Å². The molecule has 1 fully saturated rings. The Bertz CT molecular complexity index is 214. The maximum absolute atomic E-state index is 11.0. The quantitative estimate of drug-likeness (QED) is 0.727. The third-order valence-corrected chi connectivity index (χ3v) is 3.45. The summed E-state index contributed by atoms with van der Waals surface area (Å²) in [7, 11) is 1.53. The SMILES string of the molecule is COCC(N[C@@H](C)C1CCCCC1)C(=O)O. The molecule has 2 atom stereocenters. The summed E-state index contributed by atoms with van der Waals surface area (Å²) in [5, 5.41) is 12.2. The third kappa shape index (κ3) is 4.10. The largest absolute Gasteiger partial charge is 0.480 e. The maximum atomic E-state index is 11.0. The standard InChI is InChI=1S/C12H23NO3/c1-9(10-6-4-3-5-7-10)13-11(8-16-2)12(14)15/h9-11,13H,3-8H2,1-2H3,(H,14,15)/t9-,11?/m0/s1. The summed E-state index contributed by atoms with van der Waals surface area (Å²) in [6.45, 7) is 2.31. The summed E-state index contributed by atoms with van der Waals surface area (Å²) in [6.07, 6.45) is 6.31. The molecule has 0 aromatic carbocycles. The Labute approximate surface area is 97.4 Å². The topological polar surface area (TPSA) is 58.6 Å². The summed E-state index contributed by atoms with van der Waals surface area (Å²) >= 11 is 0. The van der Waals surface area contributed by atoms with Gasteiger partial charge in [0.05, 0.1) is 6.61 Å². The highest BCUT2D eigenvalue weighted by atomic mass is 16.5. The van der Waals surface area contributed by atoms with Crippen LogP contribution in [0.25, 0.3) is 0 Å². The van der Waals surface area contributed by atoms with Crippen molar-refractivity contribution in [3.63, 3.8) is 0 Å². The molecule has 0 aliphatic heterocycles. The van der Waals surface area contributed by atoms with Crippen molar-refractivity contribution >= 4 is 5.97 Å². The first-order valence-electron chi connectivity index (χ1n) is 6.13. The molecular formula is C12H23NO3. The van der Waals surface area contributed by atoms with Crippen LogP contribution in [0.4, 0.5) is 0 Å². The molecule has 1 unspecified atom stereocenters. The summed E-state index contributed by atoms with van der Waals surface area (Å²) in [5.41, 5.74) is 0. The predicted molar refractivity (Wildman–Crippen MR) is 62.5 cm³/mol. The Hall–Kier alpha value is -0.610. The first-order valence-corrected chi connectivity index (χ1v) is 6.13. The molecule has 1 aliphatic carbocycles. The maximum Gasteiger partial charge on any atom is 0.323 e. The fraction of sp³-hybridized carbons (Fsp3) is 0.917. The highest BCUT2D eigenvalue weighted by Gasteiger charge is 2.25. The number of carboxylic acid groups (broad SMARTS) is 1. The van der Waals surface area contributed by atoms with Crippen molar-refractivity contribution in [1.29, 1.82) is 0 Å². The van der Waals surface area contributed by atoms with Crippen molar-refractivity contribution in [2.75, 3.05) is 13.7 Å². The van der Waals surface area contributed by atoms with Gasteiger partial charge in [0.25, 0.3) is 0 Å². The average Bonchev–Trinajstić information content (AvgIpc) is 2.29. The van der Waals surface area contributed by atoms with Crippen LogP contribution in [0.5, 0.6) is 0 Å². The van der Waals surface area contributed by atoms with Crippen molar-refractivity contribution < 1.29 is 14.6 Å². The van der Waals surface area contributed by atoms with Crippen molar-refractivity contribution in [3.8, 4) is 0 Å². The van der Waals surface area contributed by atoms with E-state index in [4.69, 9.17) is 9.84 Å². The molecule has 1 rings (SSSR count). The van der Waals surface area contributed by atoms with Gasteiger partial charge in [0, 0.05) is 13.2 Å². The van der Waals surface area contributed by atoms with Crippen LogP contribution in [0, 0.1) is 5.92 Å². The number of hydrogen-bond acceptors (Lipinski definition) is 3. The number of hydrogen-bond donors (Lipinski definition) is 2. The second-order valence-electron chi connectivity index (χ2n) is 4.70. The fourth-order valence-corrected chi connectivity index (χ4v) is 2.44. The zero-order valence-electron chi connectivity index (χ0n) is 10.2. The number of methoxy groups -OCH3 is 1. The molecule has 2 N–H and O–H groups in total. The lowest BCUT2D eigenvalue weighted by Crippen LogP contribution is -2.48. The first kappa shape index (κ1) is 13.5. The van der Waals surface area contributed by atoms with Crippen LogP contribution >= 0.6 is 0 Å². The Morgan fingerprint density at radius 2 is 2.06 bits per heavy atom. The summed E-state index contributed by atoms with van der Waals surface area (Å²) in [4.78, 5) is 11.0. The molecule has 4 nitrogen and oxygen atoms in total. The van der Waals surface area contributed by atoms with Crippen molar-refractivity contribution in [2.45, 2.75) is 51.1 Å². The lowest BCUT2D eigenvalue weighted by molar-refractivity contribution is -0.141. The van der Waals surface area contributed by atoms with Gasteiger partial charge in [-0.3, -0.25) is 10.1 Å². The van der Waals surface area contributed by atoms with Gasteiger partial charge in [0.2, 0.25) is 0 Å². The Morgan fingerprint density at radius 1 is 1.44 bits per heavy atom. The molecule has 4 heteroatoms. The Kier molecular flexibility index (Phi) is 5.77. The molecule has 1 aliphatic rings. The van der Waals surface area contributed by atoms with Crippen LogP contribution in [0.2, 0.25) is 0 Å². The normalized spacial score (nSPS) is 21.6. The molecule has 0 radical (unpaired) electrons. The van der Waals surface area contributed by atoms with Crippen molar-refractivity contribution in [1.82, 2.24) is 5.32 Å². The molecule has 0 saturated heterocycles. The van der Waals surface area contributed by atoms with Crippen molar-refractivity contribution in [3.05, 3.63) is 0 Å². The van der Waals surface area contributed by atoms with Crippen LogP contribution in [0.1, 0.15) is 39.0 Å². The molecule has 0 heterocycles. The van der Waals surface area contributed by atoms with Gasteiger partial charge in [-0.2, -0.15) is 0 Å². The Morgan fingerprint density at radius 3 is 2.56 bits per heavy atom. The first-order chi connectivity index (χ1) is 7.65. The fourth-order valence-electron chi connectivity index (χ4n) is 2.44. The molecule has 0 spiro atoms. The number of ether oxygens (including phenoxy) is 1. The van der Waals surface area contributed by atoms with E-state index in [9.17, 15) is 4.79 Å².